The van der Waals surface area contributed by atoms with E-state index in [1.54, 1.807) is 26.1 Å². The summed E-state index contributed by atoms with van der Waals surface area (Å²) in [4.78, 5) is 23.2. The average molecular weight is 247 g/mol. The molecule has 0 unspecified atom stereocenters. The number of ether oxygens (including phenoxy) is 1. The van der Waals surface area contributed by atoms with Crippen LogP contribution in [-0.2, 0) is 11.8 Å². The molecule has 0 bridgehead atoms. The van der Waals surface area contributed by atoms with E-state index < -0.39 is 5.97 Å². The highest BCUT2D eigenvalue weighted by Gasteiger charge is 2.16. The molecule has 0 saturated heterocycles. The fourth-order valence-electron chi connectivity index (χ4n) is 1.96. The lowest BCUT2D eigenvalue weighted by Crippen LogP contribution is -2.19. The van der Waals surface area contributed by atoms with Crippen LogP contribution in [-0.4, -0.2) is 22.8 Å². The van der Waals surface area contributed by atoms with Crippen LogP contribution in [0.5, 0.6) is 5.75 Å². The third kappa shape index (κ3) is 1.64. The Morgan fingerprint density at radius 1 is 1.39 bits per heavy atom. The van der Waals surface area contributed by atoms with Crippen LogP contribution in [0.15, 0.2) is 23.0 Å². The number of benzene rings is 1. The summed E-state index contributed by atoms with van der Waals surface area (Å²) >= 11 is 0. The van der Waals surface area contributed by atoms with Crippen molar-refractivity contribution in [2.75, 3.05) is 7.11 Å². The zero-order chi connectivity index (χ0) is 13.4. The molecule has 94 valence electrons. The van der Waals surface area contributed by atoms with Crippen molar-refractivity contribution in [2.45, 2.75) is 6.92 Å². The minimum atomic E-state index is -0.610. The first-order valence-corrected chi connectivity index (χ1v) is 5.38. The molecule has 0 radical (unpaired) electrons. The number of carbonyl (C=O) groups excluding carboxylic acids is 1. The molecule has 1 heterocycles. The molecule has 0 amide bonds. The van der Waals surface area contributed by atoms with Gasteiger partial charge in [-0.2, -0.15) is 0 Å². The molecule has 0 aliphatic carbocycles. The van der Waals surface area contributed by atoms with E-state index in [1.807, 2.05) is 0 Å². The summed E-state index contributed by atoms with van der Waals surface area (Å²) in [7, 11) is 2.87. The van der Waals surface area contributed by atoms with Gasteiger partial charge in [-0.05, 0) is 25.1 Å². The number of pyridine rings is 1. The quantitative estimate of drug-likeness (QED) is 0.772. The highest BCUT2D eigenvalue weighted by molar-refractivity contribution is 6.00. The second kappa shape index (κ2) is 4.18. The van der Waals surface area contributed by atoms with E-state index in [1.165, 1.54) is 17.7 Å². The standard InChI is InChI=1S/C13H13NO4/c1-7-6-9-10(14(2)12(7)16)5-4-8(11(9)15)13(17)18-3/h4-6,15H,1-3H3. The Morgan fingerprint density at radius 3 is 2.67 bits per heavy atom. The third-order valence-corrected chi connectivity index (χ3v) is 2.96. The zero-order valence-corrected chi connectivity index (χ0v) is 10.4. The van der Waals surface area contributed by atoms with Crippen molar-refractivity contribution in [3.63, 3.8) is 0 Å². The molecule has 1 N–H and O–H groups in total. The summed E-state index contributed by atoms with van der Waals surface area (Å²) in [5.41, 5.74) is 1.02. The molecule has 5 nitrogen and oxygen atoms in total. The summed E-state index contributed by atoms with van der Waals surface area (Å²) in [6, 6.07) is 4.62. The van der Waals surface area contributed by atoms with Gasteiger partial charge in [-0.25, -0.2) is 4.79 Å². The lowest BCUT2D eigenvalue weighted by atomic mass is 10.1. The molecular formula is C13H13NO4. The van der Waals surface area contributed by atoms with E-state index in [2.05, 4.69) is 4.74 Å². The van der Waals surface area contributed by atoms with Gasteiger partial charge in [0.05, 0.1) is 12.6 Å². The Hall–Kier alpha value is -2.30. The highest BCUT2D eigenvalue weighted by Crippen LogP contribution is 2.28. The van der Waals surface area contributed by atoms with E-state index in [0.717, 1.165) is 0 Å². The van der Waals surface area contributed by atoms with Gasteiger partial charge in [0.15, 0.2) is 0 Å². The van der Waals surface area contributed by atoms with Gasteiger partial charge in [-0.3, -0.25) is 4.79 Å². The molecule has 0 spiro atoms. The van der Waals surface area contributed by atoms with Crippen molar-refractivity contribution < 1.29 is 14.6 Å². The van der Waals surface area contributed by atoms with Gasteiger partial charge in [0.1, 0.15) is 11.3 Å². The first-order chi connectivity index (χ1) is 8.47. The molecular weight excluding hydrogens is 234 g/mol. The molecule has 2 rings (SSSR count). The maximum absolute atomic E-state index is 11.8. The van der Waals surface area contributed by atoms with Crippen LogP contribution in [0, 0.1) is 6.92 Å². The monoisotopic (exact) mass is 247 g/mol. The number of rotatable bonds is 1. The van der Waals surface area contributed by atoms with Gasteiger partial charge >= 0.3 is 5.97 Å². The van der Waals surface area contributed by atoms with Gasteiger partial charge in [0, 0.05) is 18.0 Å². The zero-order valence-electron chi connectivity index (χ0n) is 10.4. The Bertz CT molecular complexity index is 700. The predicted octanol–water partition coefficient (Wildman–Crippen LogP) is 1.34. The Morgan fingerprint density at radius 2 is 2.06 bits per heavy atom. The first kappa shape index (κ1) is 12.2. The van der Waals surface area contributed by atoms with Crippen LogP contribution < -0.4 is 5.56 Å². The average Bonchev–Trinajstić information content (AvgIpc) is 2.36. The number of esters is 1. The minimum absolute atomic E-state index is 0.0862. The molecule has 0 aliphatic heterocycles. The second-order valence-corrected chi connectivity index (χ2v) is 4.08. The van der Waals surface area contributed by atoms with E-state index in [-0.39, 0.29) is 16.9 Å². The molecule has 0 saturated carbocycles. The van der Waals surface area contributed by atoms with Crippen LogP contribution in [0.25, 0.3) is 10.9 Å². The number of phenols is 1. The number of nitrogens with zero attached hydrogens (tertiary/aromatic N) is 1. The molecule has 1 aromatic heterocycles. The van der Waals surface area contributed by atoms with Crippen LogP contribution in [0.1, 0.15) is 15.9 Å². The number of phenolic OH excluding ortho intramolecular Hbond substituents is 1. The predicted molar refractivity (Wildman–Crippen MR) is 66.9 cm³/mol. The van der Waals surface area contributed by atoms with Gasteiger partial charge < -0.3 is 14.4 Å². The van der Waals surface area contributed by atoms with Gasteiger partial charge in [0.25, 0.3) is 5.56 Å². The second-order valence-electron chi connectivity index (χ2n) is 4.08. The Balaban J connectivity index is 2.88. The van der Waals surface area contributed by atoms with Crippen molar-refractivity contribution in [3.05, 3.63) is 39.7 Å². The summed E-state index contributed by atoms with van der Waals surface area (Å²) < 4.78 is 6.02. The minimum Gasteiger partial charge on any atom is -0.506 e. The smallest absolute Gasteiger partial charge is 0.341 e. The summed E-state index contributed by atoms with van der Waals surface area (Å²) in [6.45, 7) is 1.66. The van der Waals surface area contributed by atoms with Crippen molar-refractivity contribution >= 4 is 16.9 Å². The number of aromatic nitrogens is 1. The van der Waals surface area contributed by atoms with Crippen LogP contribution in [0.2, 0.25) is 0 Å². The SMILES string of the molecule is COC(=O)c1ccc2c(cc(C)c(=O)n2C)c1O. The van der Waals surface area contributed by atoms with E-state index in [4.69, 9.17) is 0 Å². The number of aryl methyl sites for hydroxylation is 2. The number of methoxy groups -OCH3 is 1. The fraction of sp³-hybridized carbons (Fsp3) is 0.231. The fourth-order valence-corrected chi connectivity index (χ4v) is 1.96. The largest absolute Gasteiger partial charge is 0.506 e. The third-order valence-electron chi connectivity index (χ3n) is 2.96. The van der Waals surface area contributed by atoms with Crippen molar-refractivity contribution in [1.29, 1.82) is 0 Å². The molecule has 0 aliphatic rings. The lowest BCUT2D eigenvalue weighted by molar-refractivity contribution is 0.0598. The molecule has 2 aromatic rings. The molecule has 5 heteroatoms. The normalized spacial score (nSPS) is 10.6. The summed E-state index contributed by atoms with van der Waals surface area (Å²) in [5.74, 6) is -0.779. The highest BCUT2D eigenvalue weighted by atomic mass is 16.5. The number of fused-ring (bicyclic) bond motifs is 1. The van der Waals surface area contributed by atoms with Crippen molar-refractivity contribution in [3.8, 4) is 5.75 Å². The first-order valence-electron chi connectivity index (χ1n) is 5.38. The summed E-state index contributed by atoms with van der Waals surface area (Å²) in [5, 5.41) is 10.5. The maximum atomic E-state index is 11.8. The molecule has 18 heavy (non-hydrogen) atoms. The van der Waals surface area contributed by atoms with Crippen LogP contribution >= 0.6 is 0 Å². The molecule has 0 fully saturated rings. The van der Waals surface area contributed by atoms with E-state index in [9.17, 15) is 14.7 Å². The van der Waals surface area contributed by atoms with Crippen molar-refractivity contribution in [1.82, 2.24) is 4.57 Å². The maximum Gasteiger partial charge on any atom is 0.341 e. The van der Waals surface area contributed by atoms with Gasteiger partial charge in [-0.15, -0.1) is 0 Å². The van der Waals surface area contributed by atoms with Crippen LogP contribution in [0.3, 0.4) is 0 Å². The summed E-state index contributed by atoms with van der Waals surface area (Å²) in [6.07, 6.45) is 0. The Kier molecular flexibility index (Phi) is 2.82. The molecule has 1 aromatic carbocycles. The number of hydrogen-bond acceptors (Lipinski definition) is 4. The van der Waals surface area contributed by atoms with E-state index >= 15 is 0 Å². The number of hydrogen-bond donors (Lipinski definition) is 1. The molecule has 0 atom stereocenters. The van der Waals surface area contributed by atoms with Gasteiger partial charge in [-0.1, -0.05) is 0 Å². The van der Waals surface area contributed by atoms with Gasteiger partial charge in [0.2, 0.25) is 0 Å². The van der Waals surface area contributed by atoms with E-state index in [0.29, 0.717) is 16.5 Å². The lowest BCUT2D eigenvalue weighted by Gasteiger charge is -2.10. The number of aromatic hydroxyl groups is 1. The number of carbonyl (C=O) groups is 1. The van der Waals surface area contributed by atoms with Crippen LogP contribution in [0.4, 0.5) is 0 Å². The topological polar surface area (TPSA) is 68.5 Å². The van der Waals surface area contributed by atoms with Crippen molar-refractivity contribution in [2.24, 2.45) is 7.05 Å². The Labute approximate surface area is 103 Å².